The molecule has 0 radical (unpaired) electrons. The molecule has 2 amide bonds. The van der Waals surface area contributed by atoms with E-state index in [4.69, 9.17) is 28.3 Å². The van der Waals surface area contributed by atoms with Crippen LogP contribution in [0.4, 0.5) is 0 Å². The van der Waals surface area contributed by atoms with Gasteiger partial charge >= 0.3 is 5.97 Å². The summed E-state index contributed by atoms with van der Waals surface area (Å²) < 4.78 is 0. The summed E-state index contributed by atoms with van der Waals surface area (Å²) >= 11 is 12.1. The second-order valence-corrected chi connectivity index (χ2v) is 7.50. The number of hydrogen-bond acceptors (Lipinski definition) is 3. The Morgan fingerprint density at radius 2 is 2.11 bits per heavy atom. The number of carboxylic acid groups (broad SMARTS) is 1. The first-order chi connectivity index (χ1) is 12.8. The summed E-state index contributed by atoms with van der Waals surface area (Å²) in [5.74, 6) is -3.29. The SMILES string of the molecule is Cc1ccc(Cl)cc1CNC(=O)[C@H]1C(=O)N(CC(=O)O)C2=CCC(Cl)C=C21. The number of likely N-dealkylation sites (tertiary alicyclic amines) is 1. The summed E-state index contributed by atoms with van der Waals surface area (Å²) in [6.45, 7) is 1.62. The van der Waals surface area contributed by atoms with Crippen LogP contribution in [0.3, 0.4) is 0 Å². The third kappa shape index (κ3) is 4.01. The molecule has 1 heterocycles. The van der Waals surface area contributed by atoms with Gasteiger partial charge in [-0.25, -0.2) is 0 Å². The van der Waals surface area contributed by atoms with Gasteiger partial charge in [-0.15, -0.1) is 11.6 Å². The molecule has 3 rings (SSSR count). The van der Waals surface area contributed by atoms with Gasteiger partial charge in [0.25, 0.3) is 0 Å². The van der Waals surface area contributed by atoms with E-state index < -0.39 is 30.2 Å². The smallest absolute Gasteiger partial charge is 0.323 e. The Morgan fingerprint density at radius 3 is 2.81 bits per heavy atom. The molecule has 0 spiro atoms. The van der Waals surface area contributed by atoms with Gasteiger partial charge in [0.2, 0.25) is 11.8 Å². The van der Waals surface area contributed by atoms with Crippen LogP contribution in [0.25, 0.3) is 0 Å². The van der Waals surface area contributed by atoms with Crippen LogP contribution in [0.15, 0.2) is 41.6 Å². The molecule has 1 aliphatic heterocycles. The lowest BCUT2D eigenvalue weighted by atomic mass is 9.94. The Labute approximate surface area is 166 Å². The van der Waals surface area contributed by atoms with Crippen molar-refractivity contribution in [2.45, 2.75) is 25.3 Å². The summed E-state index contributed by atoms with van der Waals surface area (Å²) in [5, 5.41) is 12.1. The highest BCUT2D eigenvalue weighted by atomic mass is 35.5. The minimum Gasteiger partial charge on any atom is -0.480 e. The lowest BCUT2D eigenvalue weighted by Crippen LogP contribution is -2.38. The molecule has 0 saturated carbocycles. The van der Waals surface area contributed by atoms with Crippen LogP contribution in [0.1, 0.15) is 17.5 Å². The largest absolute Gasteiger partial charge is 0.480 e. The molecule has 1 fully saturated rings. The van der Waals surface area contributed by atoms with Crippen LogP contribution in [-0.4, -0.2) is 39.7 Å². The molecule has 1 aromatic carbocycles. The maximum absolute atomic E-state index is 12.8. The van der Waals surface area contributed by atoms with Crippen molar-refractivity contribution >= 4 is 41.0 Å². The number of nitrogens with zero attached hydrogens (tertiary/aromatic N) is 1. The van der Waals surface area contributed by atoms with Gasteiger partial charge in [0.1, 0.15) is 12.5 Å². The van der Waals surface area contributed by atoms with Gasteiger partial charge < -0.3 is 15.3 Å². The van der Waals surface area contributed by atoms with E-state index in [1.165, 1.54) is 0 Å². The van der Waals surface area contributed by atoms with Crippen molar-refractivity contribution in [1.82, 2.24) is 10.2 Å². The number of halogens is 2. The minimum absolute atomic E-state index is 0.213. The van der Waals surface area contributed by atoms with Gasteiger partial charge in [-0.05, 0) is 42.2 Å². The summed E-state index contributed by atoms with van der Waals surface area (Å²) in [6, 6.07) is 5.36. The number of nitrogens with one attached hydrogen (secondary N) is 1. The van der Waals surface area contributed by atoms with Crippen molar-refractivity contribution in [3.8, 4) is 0 Å². The van der Waals surface area contributed by atoms with Crippen molar-refractivity contribution in [2.24, 2.45) is 5.92 Å². The fourth-order valence-electron chi connectivity index (χ4n) is 3.27. The average molecular weight is 409 g/mol. The molecule has 1 aromatic rings. The first kappa shape index (κ1) is 19.5. The predicted octanol–water partition coefficient (Wildman–Crippen LogP) is 2.63. The van der Waals surface area contributed by atoms with Crippen molar-refractivity contribution < 1.29 is 19.5 Å². The van der Waals surface area contributed by atoms with Gasteiger partial charge in [-0.2, -0.15) is 0 Å². The number of benzene rings is 1. The molecule has 1 unspecified atom stereocenters. The normalized spacial score (nSPS) is 21.4. The van der Waals surface area contributed by atoms with Crippen molar-refractivity contribution in [3.05, 3.63) is 57.8 Å². The molecule has 0 aromatic heterocycles. The highest BCUT2D eigenvalue weighted by Crippen LogP contribution is 2.38. The van der Waals surface area contributed by atoms with Gasteiger partial charge in [-0.3, -0.25) is 14.4 Å². The van der Waals surface area contributed by atoms with Gasteiger partial charge in [0.05, 0.1) is 5.38 Å². The number of hydrogen-bond donors (Lipinski definition) is 2. The molecule has 2 N–H and O–H groups in total. The molecule has 8 heteroatoms. The van der Waals surface area contributed by atoms with E-state index in [1.54, 1.807) is 24.3 Å². The van der Waals surface area contributed by atoms with E-state index in [2.05, 4.69) is 5.32 Å². The molecule has 1 saturated heterocycles. The van der Waals surface area contributed by atoms with E-state index in [9.17, 15) is 14.4 Å². The predicted molar refractivity (Wildman–Crippen MR) is 101 cm³/mol. The molecule has 6 nitrogen and oxygen atoms in total. The quantitative estimate of drug-likeness (QED) is 0.578. The number of aliphatic carboxylic acids is 1. The van der Waals surface area contributed by atoms with Crippen molar-refractivity contribution in [1.29, 1.82) is 0 Å². The number of carboxylic acids is 1. The Bertz CT molecular complexity index is 878. The second kappa shape index (κ2) is 7.74. The van der Waals surface area contributed by atoms with Gasteiger partial charge in [0, 0.05) is 17.3 Å². The Balaban J connectivity index is 1.82. The Kier molecular flexibility index (Phi) is 5.58. The van der Waals surface area contributed by atoms with Crippen molar-refractivity contribution in [2.75, 3.05) is 6.54 Å². The number of allylic oxidation sites excluding steroid dienone is 3. The van der Waals surface area contributed by atoms with E-state index in [1.807, 2.05) is 13.0 Å². The van der Waals surface area contributed by atoms with Crippen molar-refractivity contribution in [3.63, 3.8) is 0 Å². The van der Waals surface area contributed by atoms with Crippen LogP contribution in [-0.2, 0) is 20.9 Å². The Morgan fingerprint density at radius 1 is 1.37 bits per heavy atom. The molecule has 1 aliphatic carbocycles. The Hall–Kier alpha value is -2.31. The maximum Gasteiger partial charge on any atom is 0.323 e. The summed E-state index contributed by atoms with van der Waals surface area (Å²) in [4.78, 5) is 37.8. The summed E-state index contributed by atoms with van der Waals surface area (Å²) in [5.41, 5.74) is 2.72. The zero-order valence-electron chi connectivity index (χ0n) is 14.5. The molecule has 2 aliphatic rings. The van der Waals surface area contributed by atoms with E-state index >= 15 is 0 Å². The average Bonchev–Trinajstić information content (AvgIpc) is 2.86. The topological polar surface area (TPSA) is 86.7 Å². The number of aryl methyl sites for hydroxylation is 1. The van der Waals surface area contributed by atoms with Crippen LogP contribution < -0.4 is 5.32 Å². The maximum atomic E-state index is 12.8. The third-order valence-electron chi connectivity index (χ3n) is 4.63. The first-order valence-electron chi connectivity index (χ1n) is 8.40. The highest BCUT2D eigenvalue weighted by molar-refractivity contribution is 6.30. The first-order valence-corrected chi connectivity index (χ1v) is 9.21. The van der Waals surface area contributed by atoms with E-state index in [-0.39, 0.29) is 11.9 Å². The second-order valence-electron chi connectivity index (χ2n) is 6.50. The summed E-state index contributed by atoms with van der Waals surface area (Å²) in [7, 11) is 0. The fourth-order valence-corrected chi connectivity index (χ4v) is 3.69. The minimum atomic E-state index is -1.15. The molecule has 27 heavy (non-hydrogen) atoms. The van der Waals surface area contributed by atoms with Crippen LogP contribution in [0.2, 0.25) is 5.02 Å². The lowest BCUT2D eigenvalue weighted by molar-refractivity contribution is -0.144. The number of amides is 2. The van der Waals surface area contributed by atoms with Crippen LogP contribution in [0.5, 0.6) is 0 Å². The number of alkyl halides is 1. The van der Waals surface area contributed by atoms with E-state index in [0.717, 1.165) is 16.0 Å². The van der Waals surface area contributed by atoms with Gasteiger partial charge in [-0.1, -0.05) is 29.8 Å². The number of carbonyl (C=O) groups excluding carboxylic acids is 2. The van der Waals surface area contributed by atoms with Gasteiger partial charge in [0.15, 0.2) is 0 Å². The molecule has 0 bridgehead atoms. The number of carbonyl (C=O) groups is 3. The van der Waals surface area contributed by atoms with Crippen LogP contribution in [0, 0.1) is 12.8 Å². The number of rotatable bonds is 5. The number of fused-ring (bicyclic) bond motifs is 1. The molecule has 2 atom stereocenters. The summed E-state index contributed by atoms with van der Waals surface area (Å²) in [6.07, 6.45) is 3.84. The zero-order chi connectivity index (χ0) is 19.7. The monoisotopic (exact) mass is 408 g/mol. The highest BCUT2D eigenvalue weighted by Gasteiger charge is 2.46. The van der Waals surface area contributed by atoms with Crippen LogP contribution >= 0.6 is 23.2 Å². The standard InChI is InChI=1S/C19H18Cl2N2O4/c1-10-2-3-12(20)6-11(10)8-22-18(26)17-14-7-13(21)4-5-15(14)23(19(17)27)9-16(24)25/h2-3,5-7,13,17H,4,8-9H2,1H3,(H,22,26)(H,24,25)/t13?,17-/m0/s1. The molecular weight excluding hydrogens is 391 g/mol. The third-order valence-corrected chi connectivity index (χ3v) is 5.17. The fraction of sp³-hybridized carbons (Fsp3) is 0.316. The molecular formula is C19H18Cl2N2O4. The molecule has 142 valence electrons. The zero-order valence-corrected chi connectivity index (χ0v) is 16.0. The van der Waals surface area contributed by atoms with E-state index in [0.29, 0.717) is 22.7 Å². The lowest BCUT2D eigenvalue weighted by Gasteiger charge is -2.18.